The molecule has 164 valence electrons. The van der Waals surface area contributed by atoms with Crippen molar-refractivity contribution in [3.05, 3.63) is 59.2 Å². The van der Waals surface area contributed by atoms with Gasteiger partial charge in [0.15, 0.2) is 11.5 Å². The van der Waals surface area contributed by atoms with Crippen LogP contribution in [0.25, 0.3) is 5.76 Å². The van der Waals surface area contributed by atoms with Crippen molar-refractivity contribution in [2.24, 2.45) is 0 Å². The van der Waals surface area contributed by atoms with Crippen LogP contribution >= 0.6 is 0 Å². The minimum absolute atomic E-state index is 0.0410. The topological polar surface area (TPSA) is 85.3 Å². The summed E-state index contributed by atoms with van der Waals surface area (Å²) in [6, 6.07) is 11.4. The number of aliphatic hydroxyl groups is 1. The van der Waals surface area contributed by atoms with Gasteiger partial charge in [0, 0.05) is 12.1 Å². The fourth-order valence-corrected chi connectivity index (χ4v) is 3.78. The van der Waals surface area contributed by atoms with E-state index in [1.165, 1.54) is 19.1 Å². The van der Waals surface area contributed by atoms with Crippen LogP contribution in [0.3, 0.4) is 0 Å². The summed E-state index contributed by atoms with van der Waals surface area (Å²) < 4.78 is 16.2. The van der Waals surface area contributed by atoms with E-state index >= 15 is 0 Å². The standard InChI is InChI=1S/C24H27NO6/c1-5-12-25-21(15-8-7-9-17(13-15)31-6-2)20(23(27)24(25)28)22(26)16-10-11-18(29-3)19(14-16)30-4/h7-11,13-14,21,26H,5-6,12H2,1-4H3/b22-20+. The maximum Gasteiger partial charge on any atom is 0.295 e. The molecule has 1 unspecified atom stereocenters. The van der Waals surface area contributed by atoms with Gasteiger partial charge in [-0.3, -0.25) is 9.59 Å². The van der Waals surface area contributed by atoms with Crippen molar-refractivity contribution in [1.82, 2.24) is 4.90 Å². The molecule has 0 aromatic heterocycles. The Bertz CT molecular complexity index is 1010. The highest BCUT2D eigenvalue weighted by Gasteiger charge is 2.45. The zero-order valence-electron chi connectivity index (χ0n) is 18.2. The fourth-order valence-electron chi connectivity index (χ4n) is 3.78. The smallest absolute Gasteiger partial charge is 0.295 e. The lowest BCUT2D eigenvalue weighted by Gasteiger charge is -2.25. The van der Waals surface area contributed by atoms with Gasteiger partial charge in [0.25, 0.3) is 11.7 Å². The third-order valence-electron chi connectivity index (χ3n) is 5.15. The summed E-state index contributed by atoms with van der Waals surface area (Å²) in [6.07, 6.45) is 0.672. The molecule has 1 fully saturated rings. The fraction of sp³-hybridized carbons (Fsp3) is 0.333. The van der Waals surface area contributed by atoms with Gasteiger partial charge in [-0.1, -0.05) is 19.1 Å². The van der Waals surface area contributed by atoms with Gasteiger partial charge in [0.2, 0.25) is 0 Å². The molecule has 31 heavy (non-hydrogen) atoms. The van der Waals surface area contributed by atoms with E-state index in [0.717, 1.165) is 0 Å². The summed E-state index contributed by atoms with van der Waals surface area (Å²) >= 11 is 0. The van der Waals surface area contributed by atoms with Crippen LogP contribution in [0.2, 0.25) is 0 Å². The third-order valence-corrected chi connectivity index (χ3v) is 5.15. The van der Waals surface area contributed by atoms with Gasteiger partial charge in [0.05, 0.1) is 32.4 Å². The van der Waals surface area contributed by atoms with Crippen LogP contribution in [0.4, 0.5) is 0 Å². The number of Topliss-reactive ketones (excluding diaryl/α,β-unsaturated/α-hetero) is 1. The molecule has 2 aromatic carbocycles. The Labute approximate surface area is 181 Å². The van der Waals surface area contributed by atoms with Crippen molar-refractivity contribution in [3.63, 3.8) is 0 Å². The molecular weight excluding hydrogens is 398 g/mol. The first kappa shape index (κ1) is 22.2. The Balaban J connectivity index is 2.18. The van der Waals surface area contributed by atoms with Crippen LogP contribution in [0, 0.1) is 0 Å². The number of hydrogen-bond donors (Lipinski definition) is 1. The molecule has 1 aliphatic rings. The van der Waals surface area contributed by atoms with Gasteiger partial charge in [-0.25, -0.2) is 0 Å². The van der Waals surface area contributed by atoms with E-state index in [1.807, 2.05) is 32.0 Å². The molecule has 1 N–H and O–H groups in total. The van der Waals surface area contributed by atoms with Gasteiger partial charge in [-0.15, -0.1) is 0 Å². The second-order valence-electron chi connectivity index (χ2n) is 7.07. The minimum atomic E-state index is -0.715. The van der Waals surface area contributed by atoms with Crippen LogP contribution in [0.15, 0.2) is 48.0 Å². The number of ketones is 1. The quantitative estimate of drug-likeness (QED) is 0.392. The van der Waals surface area contributed by atoms with E-state index in [9.17, 15) is 14.7 Å². The Kier molecular flexibility index (Phi) is 6.84. The number of amides is 1. The van der Waals surface area contributed by atoms with Crippen LogP contribution < -0.4 is 14.2 Å². The summed E-state index contributed by atoms with van der Waals surface area (Å²) in [7, 11) is 3.00. The van der Waals surface area contributed by atoms with Crippen LogP contribution in [0.1, 0.15) is 37.4 Å². The van der Waals surface area contributed by atoms with E-state index in [0.29, 0.717) is 47.9 Å². The molecule has 1 amide bonds. The normalized spacial score (nSPS) is 17.7. The Morgan fingerprint density at radius 1 is 1.03 bits per heavy atom. The molecule has 1 aliphatic heterocycles. The van der Waals surface area contributed by atoms with Crippen molar-refractivity contribution >= 4 is 17.4 Å². The molecule has 0 aliphatic carbocycles. The van der Waals surface area contributed by atoms with E-state index in [-0.39, 0.29) is 11.3 Å². The molecule has 7 heteroatoms. The lowest BCUT2D eigenvalue weighted by atomic mass is 9.95. The monoisotopic (exact) mass is 425 g/mol. The average molecular weight is 425 g/mol. The Morgan fingerprint density at radius 3 is 2.42 bits per heavy atom. The van der Waals surface area contributed by atoms with E-state index in [1.54, 1.807) is 24.3 Å². The van der Waals surface area contributed by atoms with Gasteiger partial charge in [-0.2, -0.15) is 0 Å². The van der Waals surface area contributed by atoms with Gasteiger partial charge in [0.1, 0.15) is 11.5 Å². The average Bonchev–Trinajstić information content (AvgIpc) is 3.03. The number of ether oxygens (including phenoxy) is 3. The number of methoxy groups -OCH3 is 2. The molecule has 1 heterocycles. The first-order chi connectivity index (χ1) is 15.0. The summed E-state index contributed by atoms with van der Waals surface area (Å²) in [5.41, 5.74) is 1.10. The molecule has 2 aromatic rings. The predicted octanol–water partition coefficient (Wildman–Crippen LogP) is 3.93. The number of nitrogens with zero attached hydrogens (tertiary/aromatic N) is 1. The van der Waals surface area contributed by atoms with E-state index < -0.39 is 17.7 Å². The minimum Gasteiger partial charge on any atom is -0.507 e. The van der Waals surface area contributed by atoms with Crippen molar-refractivity contribution in [2.45, 2.75) is 26.3 Å². The van der Waals surface area contributed by atoms with Gasteiger partial charge < -0.3 is 24.2 Å². The lowest BCUT2D eigenvalue weighted by Crippen LogP contribution is -2.30. The molecule has 3 rings (SSSR count). The Hall–Kier alpha value is -3.48. The molecule has 0 radical (unpaired) electrons. The van der Waals surface area contributed by atoms with Crippen LogP contribution in [-0.2, 0) is 9.59 Å². The highest BCUT2D eigenvalue weighted by molar-refractivity contribution is 6.46. The predicted molar refractivity (Wildman–Crippen MR) is 116 cm³/mol. The second kappa shape index (κ2) is 9.55. The molecule has 0 saturated carbocycles. The first-order valence-corrected chi connectivity index (χ1v) is 10.2. The molecular formula is C24H27NO6. The lowest BCUT2D eigenvalue weighted by molar-refractivity contribution is -0.139. The summed E-state index contributed by atoms with van der Waals surface area (Å²) in [6.45, 7) is 4.69. The van der Waals surface area contributed by atoms with E-state index in [2.05, 4.69) is 0 Å². The summed E-state index contributed by atoms with van der Waals surface area (Å²) in [5.74, 6) is -0.0724. The molecule has 7 nitrogen and oxygen atoms in total. The molecule has 1 atom stereocenters. The third kappa shape index (κ3) is 4.21. The summed E-state index contributed by atoms with van der Waals surface area (Å²) in [5, 5.41) is 11.1. The van der Waals surface area contributed by atoms with Gasteiger partial charge >= 0.3 is 0 Å². The van der Waals surface area contributed by atoms with Crippen LogP contribution in [-0.4, -0.2) is 49.1 Å². The van der Waals surface area contributed by atoms with Gasteiger partial charge in [-0.05, 0) is 49.2 Å². The molecule has 1 saturated heterocycles. The number of carbonyl (C=O) groups excluding carboxylic acids is 2. The highest BCUT2D eigenvalue weighted by Crippen LogP contribution is 2.41. The zero-order valence-corrected chi connectivity index (χ0v) is 18.2. The van der Waals surface area contributed by atoms with Crippen molar-refractivity contribution in [2.75, 3.05) is 27.4 Å². The van der Waals surface area contributed by atoms with Crippen molar-refractivity contribution in [3.8, 4) is 17.2 Å². The number of hydrogen-bond acceptors (Lipinski definition) is 6. The van der Waals surface area contributed by atoms with Crippen LogP contribution in [0.5, 0.6) is 17.2 Å². The maximum atomic E-state index is 13.0. The number of likely N-dealkylation sites (tertiary alicyclic amines) is 1. The largest absolute Gasteiger partial charge is 0.507 e. The maximum absolute atomic E-state index is 13.0. The SMILES string of the molecule is CCCN1C(=O)C(=O)/C(=C(/O)c2ccc(OC)c(OC)c2)C1c1cccc(OCC)c1. The van der Waals surface area contributed by atoms with E-state index in [4.69, 9.17) is 14.2 Å². The number of rotatable bonds is 8. The van der Waals surface area contributed by atoms with Crippen molar-refractivity contribution < 1.29 is 28.9 Å². The number of carbonyl (C=O) groups is 2. The summed E-state index contributed by atoms with van der Waals surface area (Å²) in [4.78, 5) is 27.3. The highest BCUT2D eigenvalue weighted by atomic mass is 16.5. The molecule has 0 bridgehead atoms. The number of aliphatic hydroxyl groups excluding tert-OH is 1. The zero-order chi connectivity index (χ0) is 22.5. The second-order valence-corrected chi connectivity index (χ2v) is 7.07. The molecule has 0 spiro atoms. The first-order valence-electron chi connectivity index (χ1n) is 10.2. The van der Waals surface area contributed by atoms with Crippen molar-refractivity contribution in [1.29, 1.82) is 0 Å². The number of benzene rings is 2. The Morgan fingerprint density at radius 2 is 1.77 bits per heavy atom.